The van der Waals surface area contributed by atoms with Gasteiger partial charge in [-0.2, -0.15) is 0 Å². The second-order valence-corrected chi connectivity index (χ2v) is 7.05. The van der Waals surface area contributed by atoms with Crippen molar-refractivity contribution >= 4 is 0 Å². The van der Waals surface area contributed by atoms with E-state index in [-0.39, 0.29) is 11.5 Å². The van der Waals surface area contributed by atoms with E-state index in [1.165, 1.54) is 16.7 Å². The molecule has 0 radical (unpaired) electrons. The van der Waals surface area contributed by atoms with Crippen LogP contribution in [0.5, 0.6) is 0 Å². The highest BCUT2D eigenvalue weighted by Crippen LogP contribution is 2.36. The first-order valence-electron chi connectivity index (χ1n) is 7.62. The fourth-order valence-corrected chi connectivity index (χ4v) is 3.21. The maximum Gasteiger partial charge on any atom is 0.164 e. The van der Waals surface area contributed by atoms with Crippen molar-refractivity contribution in [3.8, 4) is 11.4 Å². The van der Waals surface area contributed by atoms with Crippen molar-refractivity contribution in [2.24, 2.45) is 5.41 Å². The molecule has 21 heavy (non-hydrogen) atoms. The van der Waals surface area contributed by atoms with Gasteiger partial charge in [0.15, 0.2) is 11.6 Å². The number of rotatable bonds is 1. The Morgan fingerprint density at radius 1 is 1.14 bits per heavy atom. The number of hydrogen-bond acceptors (Lipinski definition) is 3. The van der Waals surface area contributed by atoms with Crippen LogP contribution in [0, 0.1) is 19.3 Å². The van der Waals surface area contributed by atoms with Crippen LogP contribution in [0.1, 0.15) is 43.8 Å². The number of aryl methyl sites for hydroxylation is 2. The lowest BCUT2D eigenvalue weighted by Gasteiger charge is -2.34. The first-order valence-corrected chi connectivity index (χ1v) is 7.62. The molecule has 4 nitrogen and oxygen atoms in total. The summed E-state index contributed by atoms with van der Waals surface area (Å²) in [5.41, 5.74) is 3.88. The van der Waals surface area contributed by atoms with Gasteiger partial charge in [-0.05, 0) is 30.4 Å². The predicted octanol–water partition coefficient (Wildman–Crippen LogP) is 3.25. The second kappa shape index (κ2) is 4.95. The van der Waals surface area contributed by atoms with Gasteiger partial charge in [-0.25, -0.2) is 0 Å². The Morgan fingerprint density at radius 3 is 2.43 bits per heavy atom. The van der Waals surface area contributed by atoms with Crippen molar-refractivity contribution < 1.29 is 0 Å². The summed E-state index contributed by atoms with van der Waals surface area (Å²) in [6.07, 6.45) is 0. The summed E-state index contributed by atoms with van der Waals surface area (Å²) >= 11 is 0. The zero-order valence-electron chi connectivity index (χ0n) is 13.6. The molecule has 0 fully saturated rings. The van der Waals surface area contributed by atoms with Gasteiger partial charge in [-0.3, -0.25) is 0 Å². The highest BCUT2D eigenvalue weighted by Gasteiger charge is 2.34. The Hall–Kier alpha value is -1.68. The van der Waals surface area contributed by atoms with E-state index < -0.39 is 0 Å². The largest absolute Gasteiger partial charge is 0.308 e. The average Bonchev–Trinajstić information content (AvgIpc) is 2.81. The summed E-state index contributed by atoms with van der Waals surface area (Å²) in [7, 11) is 0. The maximum absolute atomic E-state index is 4.53. The SMILES string of the molecule is Cc1cccc(C)c1-c1nnc2n1CCNC2C(C)(C)C. The molecule has 1 unspecified atom stereocenters. The van der Waals surface area contributed by atoms with Crippen LogP contribution >= 0.6 is 0 Å². The molecule has 0 saturated heterocycles. The minimum absolute atomic E-state index is 0.128. The molecule has 1 aliphatic heterocycles. The molecule has 1 N–H and O–H groups in total. The van der Waals surface area contributed by atoms with Crippen molar-refractivity contribution in [3.63, 3.8) is 0 Å². The molecular weight excluding hydrogens is 260 g/mol. The first-order chi connectivity index (χ1) is 9.89. The summed E-state index contributed by atoms with van der Waals surface area (Å²) in [5, 5.41) is 12.6. The molecule has 2 aromatic rings. The zero-order chi connectivity index (χ0) is 15.2. The second-order valence-electron chi connectivity index (χ2n) is 7.05. The molecule has 112 valence electrons. The fraction of sp³-hybridized carbons (Fsp3) is 0.529. The van der Waals surface area contributed by atoms with E-state index >= 15 is 0 Å². The van der Waals surface area contributed by atoms with Gasteiger partial charge in [0.1, 0.15) is 0 Å². The van der Waals surface area contributed by atoms with E-state index in [4.69, 9.17) is 0 Å². The summed E-state index contributed by atoms with van der Waals surface area (Å²) in [6, 6.07) is 6.64. The van der Waals surface area contributed by atoms with Crippen molar-refractivity contribution in [3.05, 3.63) is 35.2 Å². The zero-order valence-corrected chi connectivity index (χ0v) is 13.6. The summed E-state index contributed by atoms with van der Waals surface area (Å²) in [6.45, 7) is 12.9. The number of nitrogens with zero attached hydrogens (tertiary/aromatic N) is 3. The van der Waals surface area contributed by atoms with Crippen LogP contribution in [0.3, 0.4) is 0 Å². The van der Waals surface area contributed by atoms with Gasteiger partial charge in [-0.15, -0.1) is 10.2 Å². The van der Waals surface area contributed by atoms with E-state index in [9.17, 15) is 0 Å². The van der Waals surface area contributed by atoms with Crippen LogP contribution in [-0.2, 0) is 6.54 Å². The normalized spacial score (nSPS) is 18.6. The van der Waals surface area contributed by atoms with Gasteiger partial charge in [0.25, 0.3) is 0 Å². The van der Waals surface area contributed by atoms with Gasteiger partial charge in [-0.1, -0.05) is 39.0 Å². The van der Waals surface area contributed by atoms with E-state index in [1.807, 2.05) is 0 Å². The lowest BCUT2D eigenvalue weighted by molar-refractivity contribution is 0.234. The third kappa shape index (κ3) is 2.38. The Bertz CT molecular complexity index is 644. The summed E-state index contributed by atoms with van der Waals surface area (Å²) in [4.78, 5) is 0. The third-order valence-electron chi connectivity index (χ3n) is 4.29. The van der Waals surface area contributed by atoms with Crippen LogP contribution < -0.4 is 5.32 Å². The Kier molecular flexibility index (Phi) is 3.36. The van der Waals surface area contributed by atoms with E-state index in [0.29, 0.717) is 0 Å². The molecule has 1 aromatic heterocycles. The molecule has 4 heteroatoms. The highest BCUT2D eigenvalue weighted by atomic mass is 15.3. The Morgan fingerprint density at radius 2 is 1.81 bits per heavy atom. The minimum atomic E-state index is 0.128. The van der Waals surface area contributed by atoms with Crippen molar-refractivity contribution in [2.75, 3.05) is 6.54 Å². The number of benzene rings is 1. The minimum Gasteiger partial charge on any atom is -0.308 e. The van der Waals surface area contributed by atoms with Crippen LogP contribution in [0.4, 0.5) is 0 Å². The predicted molar refractivity (Wildman–Crippen MR) is 85.1 cm³/mol. The molecule has 1 aromatic carbocycles. The third-order valence-corrected chi connectivity index (χ3v) is 4.29. The topological polar surface area (TPSA) is 42.7 Å². The smallest absolute Gasteiger partial charge is 0.164 e. The summed E-state index contributed by atoms with van der Waals surface area (Å²) < 4.78 is 2.29. The van der Waals surface area contributed by atoms with Crippen molar-refractivity contribution in [2.45, 2.75) is 47.2 Å². The lowest BCUT2D eigenvalue weighted by atomic mass is 9.85. The molecule has 0 aliphatic carbocycles. The number of aromatic nitrogens is 3. The van der Waals surface area contributed by atoms with Crippen LogP contribution in [0.25, 0.3) is 11.4 Å². The van der Waals surface area contributed by atoms with E-state index in [2.05, 4.69) is 72.9 Å². The fourth-order valence-electron chi connectivity index (χ4n) is 3.21. The van der Waals surface area contributed by atoms with Gasteiger partial charge in [0.2, 0.25) is 0 Å². The van der Waals surface area contributed by atoms with Gasteiger partial charge in [0.05, 0.1) is 6.04 Å². The molecule has 1 aliphatic rings. The molecule has 1 atom stereocenters. The lowest BCUT2D eigenvalue weighted by Crippen LogP contribution is -2.40. The molecule has 0 saturated carbocycles. The van der Waals surface area contributed by atoms with Crippen LogP contribution in [0.2, 0.25) is 0 Å². The molecule has 0 spiro atoms. The van der Waals surface area contributed by atoms with Gasteiger partial charge < -0.3 is 9.88 Å². The first kappa shape index (κ1) is 14.3. The van der Waals surface area contributed by atoms with Crippen LogP contribution in [0.15, 0.2) is 18.2 Å². The Balaban J connectivity index is 2.14. The number of nitrogens with one attached hydrogen (secondary N) is 1. The average molecular weight is 284 g/mol. The van der Waals surface area contributed by atoms with E-state index in [1.54, 1.807) is 0 Å². The quantitative estimate of drug-likeness (QED) is 0.874. The monoisotopic (exact) mass is 284 g/mol. The van der Waals surface area contributed by atoms with Gasteiger partial charge >= 0.3 is 0 Å². The van der Waals surface area contributed by atoms with Gasteiger partial charge in [0, 0.05) is 18.7 Å². The molecule has 3 rings (SSSR count). The Labute approximate surface area is 126 Å². The molecular formula is C17H24N4. The standard InChI is InChI=1S/C17H24N4/c1-11-7-6-8-12(2)13(11)15-19-20-16-14(17(3,4)5)18-9-10-21(15)16/h6-8,14,18H,9-10H2,1-5H3. The molecule has 0 bridgehead atoms. The maximum atomic E-state index is 4.53. The highest BCUT2D eigenvalue weighted by molar-refractivity contribution is 5.64. The number of fused-ring (bicyclic) bond motifs is 1. The molecule has 2 heterocycles. The van der Waals surface area contributed by atoms with E-state index in [0.717, 1.165) is 24.7 Å². The number of hydrogen-bond donors (Lipinski definition) is 1. The summed E-state index contributed by atoms with van der Waals surface area (Å²) in [5.74, 6) is 2.07. The van der Waals surface area contributed by atoms with Crippen molar-refractivity contribution in [1.29, 1.82) is 0 Å². The molecule has 0 amide bonds. The van der Waals surface area contributed by atoms with Crippen molar-refractivity contribution in [1.82, 2.24) is 20.1 Å². The van der Waals surface area contributed by atoms with Crippen LogP contribution in [-0.4, -0.2) is 21.3 Å².